The number of halogens is 2. The Balaban J connectivity index is 0.00000288. The average molecular weight is 390 g/mol. The standard InChI is InChI=1S/C19H31N3O.2ClH/c1-4-19(5-2,14-21-18(23)17-12-9-13-20-17)22-15(3)16-10-7-6-8-11-16;;/h6-8,10-11,15,17,20,22H,4-5,9,12-14H2,1-3H3,(H,21,23);2*1H. The molecule has 4 nitrogen and oxygen atoms in total. The zero-order valence-corrected chi connectivity index (χ0v) is 17.1. The van der Waals surface area contributed by atoms with E-state index in [9.17, 15) is 4.79 Å². The number of hydrogen-bond donors (Lipinski definition) is 3. The van der Waals surface area contributed by atoms with Crippen LogP contribution in [-0.2, 0) is 4.79 Å². The van der Waals surface area contributed by atoms with Crippen LogP contribution in [0.3, 0.4) is 0 Å². The van der Waals surface area contributed by atoms with Crippen LogP contribution in [0.25, 0.3) is 0 Å². The second-order valence-corrected chi connectivity index (χ2v) is 6.63. The third-order valence-corrected chi connectivity index (χ3v) is 5.15. The summed E-state index contributed by atoms with van der Waals surface area (Å²) in [6, 6.07) is 10.7. The minimum Gasteiger partial charge on any atom is -0.353 e. The largest absolute Gasteiger partial charge is 0.353 e. The molecule has 2 rings (SSSR count). The van der Waals surface area contributed by atoms with Gasteiger partial charge in [0, 0.05) is 18.1 Å². The van der Waals surface area contributed by atoms with Crippen molar-refractivity contribution < 1.29 is 4.79 Å². The first-order valence-electron chi connectivity index (χ1n) is 8.94. The fraction of sp³-hybridized carbons (Fsp3) is 0.632. The molecule has 6 heteroatoms. The molecule has 1 amide bonds. The molecule has 1 fully saturated rings. The fourth-order valence-electron chi connectivity index (χ4n) is 3.33. The van der Waals surface area contributed by atoms with Gasteiger partial charge in [-0.05, 0) is 44.7 Å². The van der Waals surface area contributed by atoms with Crippen LogP contribution in [0.15, 0.2) is 30.3 Å². The maximum absolute atomic E-state index is 12.3. The Morgan fingerprint density at radius 3 is 2.40 bits per heavy atom. The van der Waals surface area contributed by atoms with E-state index in [-0.39, 0.29) is 48.3 Å². The molecule has 0 bridgehead atoms. The Morgan fingerprint density at radius 1 is 1.24 bits per heavy atom. The lowest BCUT2D eigenvalue weighted by molar-refractivity contribution is -0.123. The molecule has 2 unspecified atom stereocenters. The van der Waals surface area contributed by atoms with E-state index in [0.29, 0.717) is 6.54 Å². The van der Waals surface area contributed by atoms with Crippen LogP contribution in [0.2, 0.25) is 0 Å². The quantitative estimate of drug-likeness (QED) is 0.636. The van der Waals surface area contributed by atoms with E-state index in [0.717, 1.165) is 32.2 Å². The van der Waals surface area contributed by atoms with Gasteiger partial charge >= 0.3 is 0 Å². The number of rotatable bonds is 8. The number of carbonyl (C=O) groups excluding carboxylic acids is 1. The highest BCUT2D eigenvalue weighted by molar-refractivity contribution is 5.85. The highest BCUT2D eigenvalue weighted by Gasteiger charge is 2.30. The second kappa shape index (κ2) is 11.7. The van der Waals surface area contributed by atoms with Gasteiger partial charge in [-0.25, -0.2) is 0 Å². The topological polar surface area (TPSA) is 53.2 Å². The molecule has 0 saturated carbocycles. The van der Waals surface area contributed by atoms with Crippen molar-refractivity contribution in [3.8, 4) is 0 Å². The molecule has 0 spiro atoms. The third-order valence-electron chi connectivity index (χ3n) is 5.15. The summed E-state index contributed by atoms with van der Waals surface area (Å²) in [4.78, 5) is 12.3. The molecule has 1 aliphatic heterocycles. The fourth-order valence-corrected chi connectivity index (χ4v) is 3.33. The summed E-state index contributed by atoms with van der Waals surface area (Å²) in [5.41, 5.74) is 1.21. The molecule has 1 heterocycles. The van der Waals surface area contributed by atoms with Crippen LogP contribution in [0, 0.1) is 0 Å². The summed E-state index contributed by atoms with van der Waals surface area (Å²) in [5.74, 6) is 0.142. The van der Waals surface area contributed by atoms with Crippen molar-refractivity contribution >= 4 is 30.7 Å². The molecule has 0 radical (unpaired) electrons. The van der Waals surface area contributed by atoms with Gasteiger partial charge in [-0.15, -0.1) is 24.8 Å². The highest BCUT2D eigenvalue weighted by atomic mass is 35.5. The molecule has 0 aromatic heterocycles. The van der Waals surface area contributed by atoms with Gasteiger partial charge in [0.25, 0.3) is 0 Å². The van der Waals surface area contributed by atoms with E-state index < -0.39 is 0 Å². The molecule has 1 saturated heterocycles. The van der Waals surface area contributed by atoms with Gasteiger partial charge in [-0.1, -0.05) is 44.2 Å². The van der Waals surface area contributed by atoms with Gasteiger partial charge in [-0.3, -0.25) is 4.79 Å². The van der Waals surface area contributed by atoms with Crippen LogP contribution < -0.4 is 16.0 Å². The van der Waals surface area contributed by atoms with E-state index in [1.54, 1.807) is 0 Å². The Labute approximate surface area is 164 Å². The predicted molar refractivity (Wildman–Crippen MR) is 110 cm³/mol. The van der Waals surface area contributed by atoms with E-state index in [2.05, 4.69) is 61.0 Å². The maximum atomic E-state index is 12.3. The summed E-state index contributed by atoms with van der Waals surface area (Å²) >= 11 is 0. The molecular weight excluding hydrogens is 357 g/mol. The molecule has 2 atom stereocenters. The predicted octanol–water partition coefficient (Wildman–Crippen LogP) is 3.61. The number of nitrogens with one attached hydrogen (secondary N) is 3. The molecule has 144 valence electrons. The van der Waals surface area contributed by atoms with Crippen molar-refractivity contribution in [1.82, 2.24) is 16.0 Å². The number of hydrogen-bond acceptors (Lipinski definition) is 3. The molecule has 3 N–H and O–H groups in total. The highest BCUT2D eigenvalue weighted by Crippen LogP contribution is 2.21. The molecule has 25 heavy (non-hydrogen) atoms. The van der Waals surface area contributed by atoms with Crippen molar-refractivity contribution in [3.63, 3.8) is 0 Å². The van der Waals surface area contributed by atoms with Crippen LogP contribution in [0.1, 0.15) is 58.1 Å². The van der Waals surface area contributed by atoms with E-state index >= 15 is 0 Å². The van der Waals surface area contributed by atoms with Crippen LogP contribution in [-0.4, -0.2) is 30.6 Å². The minimum atomic E-state index is -0.0660. The van der Waals surface area contributed by atoms with Crippen molar-refractivity contribution in [1.29, 1.82) is 0 Å². The van der Waals surface area contributed by atoms with Crippen LogP contribution in [0.5, 0.6) is 0 Å². The Kier molecular flexibility index (Phi) is 11.4. The first kappa shape index (κ1) is 24.2. The van der Waals surface area contributed by atoms with Gasteiger partial charge in [0.15, 0.2) is 0 Å². The smallest absolute Gasteiger partial charge is 0.237 e. The second-order valence-electron chi connectivity index (χ2n) is 6.63. The van der Waals surface area contributed by atoms with Gasteiger partial charge < -0.3 is 16.0 Å². The molecule has 1 aromatic carbocycles. The van der Waals surface area contributed by atoms with E-state index in [4.69, 9.17) is 0 Å². The lowest BCUT2D eigenvalue weighted by Gasteiger charge is -2.36. The van der Waals surface area contributed by atoms with E-state index in [1.807, 2.05) is 6.07 Å². The van der Waals surface area contributed by atoms with Crippen molar-refractivity contribution in [2.45, 2.75) is 64.1 Å². The van der Waals surface area contributed by atoms with Gasteiger partial charge in [0.2, 0.25) is 5.91 Å². The van der Waals surface area contributed by atoms with Gasteiger partial charge in [-0.2, -0.15) is 0 Å². The lowest BCUT2D eigenvalue weighted by Crippen LogP contribution is -2.55. The minimum absolute atomic E-state index is 0. The Morgan fingerprint density at radius 2 is 1.88 bits per heavy atom. The number of carbonyl (C=O) groups is 1. The zero-order valence-electron chi connectivity index (χ0n) is 15.5. The lowest BCUT2D eigenvalue weighted by atomic mass is 9.90. The first-order chi connectivity index (χ1) is 11.1. The van der Waals surface area contributed by atoms with Crippen molar-refractivity contribution in [3.05, 3.63) is 35.9 Å². The Bertz CT molecular complexity index is 489. The van der Waals surface area contributed by atoms with Crippen molar-refractivity contribution in [2.24, 2.45) is 0 Å². The zero-order chi connectivity index (χ0) is 16.7. The van der Waals surface area contributed by atoms with Gasteiger partial charge in [0.1, 0.15) is 0 Å². The molecule has 1 aromatic rings. The molecule has 1 aliphatic rings. The maximum Gasteiger partial charge on any atom is 0.237 e. The summed E-state index contributed by atoms with van der Waals surface area (Å²) < 4.78 is 0. The summed E-state index contributed by atoms with van der Waals surface area (Å²) in [5, 5.41) is 10.2. The monoisotopic (exact) mass is 389 g/mol. The Hall–Kier alpha value is -0.810. The SMILES string of the molecule is CCC(CC)(CNC(=O)C1CCCN1)NC(C)c1ccccc1.Cl.Cl. The van der Waals surface area contributed by atoms with Crippen LogP contribution in [0.4, 0.5) is 0 Å². The summed E-state index contributed by atoms with van der Waals surface area (Å²) in [6.07, 6.45) is 4.01. The number of benzene rings is 1. The number of amides is 1. The normalized spacial score (nSPS) is 18.0. The molecular formula is C19H33Cl2N3O. The first-order valence-corrected chi connectivity index (χ1v) is 8.94. The van der Waals surface area contributed by atoms with E-state index in [1.165, 1.54) is 5.56 Å². The average Bonchev–Trinajstić information content (AvgIpc) is 3.14. The van der Waals surface area contributed by atoms with Gasteiger partial charge in [0.05, 0.1) is 6.04 Å². The summed E-state index contributed by atoms with van der Waals surface area (Å²) in [6.45, 7) is 8.19. The van der Waals surface area contributed by atoms with Crippen molar-refractivity contribution in [2.75, 3.05) is 13.1 Å². The molecule has 0 aliphatic carbocycles. The summed E-state index contributed by atoms with van der Waals surface area (Å²) in [7, 11) is 0. The third kappa shape index (κ3) is 6.78. The van der Waals surface area contributed by atoms with Crippen LogP contribution >= 0.6 is 24.8 Å².